The number of rotatable bonds is 2. The predicted molar refractivity (Wildman–Crippen MR) is 91.6 cm³/mol. The van der Waals surface area contributed by atoms with Gasteiger partial charge in [0.15, 0.2) is 5.78 Å². The van der Waals surface area contributed by atoms with Crippen molar-refractivity contribution in [1.29, 1.82) is 0 Å². The van der Waals surface area contributed by atoms with Gasteiger partial charge >= 0.3 is 0 Å². The molecule has 0 amide bonds. The zero-order valence-electron chi connectivity index (χ0n) is 12.5. The molecule has 0 fully saturated rings. The molecule has 0 N–H and O–H groups in total. The number of nitrogens with zero attached hydrogens (tertiary/aromatic N) is 1. The Bertz CT molecular complexity index is 879. The fourth-order valence-electron chi connectivity index (χ4n) is 2.34. The van der Waals surface area contributed by atoms with Crippen molar-refractivity contribution in [3.63, 3.8) is 0 Å². The van der Waals surface area contributed by atoms with Crippen molar-refractivity contribution in [2.75, 3.05) is 7.05 Å². The highest BCUT2D eigenvalue weighted by Gasteiger charge is 2.40. The summed E-state index contributed by atoms with van der Waals surface area (Å²) in [6.07, 6.45) is 0. The van der Waals surface area contributed by atoms with Crippen LogP contribution in [0, 0.1) is 6.92 Å². The lowest BCUT2D eigenvalue weighted by molar-refractivity contribution is 0.0955. The Kier molecular flexibility index (Phi) is 4.27. The molecule has 0 saturated carbocycles. The van der Waals surface area contributed by atoms with E-state index in [4.69, 9.17) is 11.6 Å². The Hall–Kier alpha value is -1.34. The van der Waals surface area contributed by atoms with Crippen LogP contribution < -0.4 is 0 Å². The van der Waals surface area contributed by atoms with Crippen molar-refractivity contribution in [1.82, 2.24) is 4.31 Å². The number of carbonyl (C=O) groups is 1. The SMILES string of the molecule is Cc1ccc(C(=O)C2Sc3cc(Cl)ccc3S(=O)(=O)N2C)cc1. The van der Waals surface area contributed by atoms with Gasteiger partial charge in [0.2, 0.25) is 10.0 Å². The average molecular weight is 368 g/mol. The number of thioether (sulfide) groups is 1. The van der Waals surface area contributed by atoms with E-state index in [0.717, 1.165) is 9.87 Å². The first-order valence-electron chi connectivity index (χ1n) is 6.86. The van der Waals surface area contributed by atoms with Gasteiger partial charge in [0.05, 0.1) is 4.90 Å². The fourth-order valence-corrected chi connectivity index (χ4v) is 5.73. The van der Waals surface area contributed by atoms with Crippen molar-refractivity contribution in [2.24, 2.45) is 0 Å². The van der Waals surface area contributed by atoms with Crippen LogP contribution in [0.3, 0.4) is 0 Å². The van der Waals surface area contributed by atoms with Crippen molar-refractivity contribution in [2.45, 2.75) is 22.1 Å². The lowest BCUT2D eigenvalue weighted by Gasteiger charge is -2.31. The first-order chi connectivity index (χ1) is 10.8. The predicted octanol–water partition coefficient (Wildman–Crippen LogP) is 3.58. The van der Waals surface area contributed by atoms with Crippen molar-refractivity contribution < 1.29 is 13.2 Å². The van der Waals surface area contributed by atoms with E-state index in [1.165, 1.54) is 30.9 Å². The second-order valence-corrected chi connectivity index (χ2v) is 8.84. The van der Waals surface area contributed by atoms with E-state index in [1.54, 1.807) is 18.2 Å². The zero-order chi connectivity index (χ0) is 16.8. The summed E-state index contributed by atoms with van der Waals surface area (Å²) in [5.41, 5.74) is 1.52. The monoisotopic (exact) mass is 367 g/mol. The molecule has 1 aliphatic heterocycles. The summed E-state index contributed by atoms with van der Waals surface area (Å²) in [5.74, 6) is -0.244. The van der Waals surface area contributed by atoms with Crippen LogP contribution in [0.1, 0.15) is 15.9 Å². The van der Waals surface area contributed by atoms with Gasteiger partial charge in [-0.2, -0.15) is 4.31 Å². The molecule has 1 unspecified atom stereocenters. The Morgan fingerprint density at radius 2 is 1.83 bits per heavy atom. The van der Waals surface area contributed by atoms with Crippen LogP contribution in [-0.2, 0) is 10.0 Å². The smallest absolute Gasteiger partial charge is 0.245 e. The summed E-state index contributed by atoms with van der Waals surface area (Å²) in [6.45, 7) is 1.93. The molecule has 1 heterocycles. The van der Waals surface area contributed by atoms with Crippen LogP contribution in [0.15, 0.2) is 52.3 Å². The van der Waals surface area contributed by atoms with Crippen LogP contribution in [0.5, 0.6) is 0 Å². The summed E-state index contributed by atoms with van der Waals surface area (Å²) >= 11 is 7.16. The van der Waals surface area contributed by atoms with E-state index in [9.17, 15) is 13.2 Å². The molecule has 2 aromatic carbocycles. The second kappa shape index (κ2) is 5.94. The summed E-state index contributed by atoms with van der Waals surface area (Å²) in [4.78, 5) is 13.4. The van der Waals surface area contributed by atoms with Gasteiger partial charge in [-0.3, -0.25) is 4.79 Å². The van der Waals surface area contributed by atoms with E-state index in [-0.39, 0.29) is 10.7 Å². The Balaban J connectivity index is 2.05. The Morgan fingerprint density at radius 3 is 2.48 bits per heavy atom. The highest BCUT2D eigenvalue weighted by atomic mass is 35.5. The van der Waals surface area contributed by atoms with Crippen molar-refractivity contribution in [3.8, 4) is 0 Å². The molecule has 2 aromatic rings. The van der Waals surface area contributed by atoms with E-state index < -0.39 is 15.4 Å². The third-order valence-electron chi connectivity index (χ3n) is 3.69. The quantitative estimate of drug-likeness (QED) is 0.761. The third-order valence-corrected chi connectivity index (χ3v) is 7.42. The summed E-state index contributed by atoms with van der Waals surface area (Å²) in [6, 6.07) is 11.7. The van der Waals surface area contributed by atoms with E-state index >= 15 is 0 Å². The minimum atomic E-state index is -3.71. The zero-order valence-corrected chi connectivity index (χ0v) is 14.9. The molecule has 0 aromatic heterocycles. The lowest BCUT2D eigenvalue weighted by atomic mass is 10.1. The first kappa shape index (κ1) is 16.5. The largest absolute Gasteiger partial charge is 0.291 e. The van der Waals surface area contributed by atoms with Gasteiger partial charge in [0, 0.05) is 22.5 Å². The van der Waals surface area contributed by atoms with Gasteiger partial charge in [0.1, 0.15) is 5.37 Å². The molecule has 4 nitrogen and oxygen atoms in total. The number of ketones is 1. The molecule has 0 spiro atoms. The van der Waals surface area contributed by atoms with E-state index in [1.807, 2.05) is 19.1 Å². The molecule has 1 atom stereocenters. The van der Waals surface area contributed by atoms with Crippen LogP contribution in [-0.4, -0.2) is 30.9 Å². The fraction of sp³-hybridized carbons (Fsp3) is 0.188. The number of benzene rings is 2. The molecular formula is C16H14ClNO3S2. The number of fused-ring (bicyclic) bond motifs is 1. The average Bonchev–Trinajstić information content (AvgIpc) is 2.51. The van der Waals surface area contributed by atoms with Gasteiger partial charge in [-0.1, -0.05) is 53.2 Å². The summed E-state index contributed by atoms with van der Waals surface area (Å²) in [5, 5.41) is -0.397. The molecule has 0 radical (unpaired) electrons. The van der Waals surface area contributed by atoms with Crippen LogP contribution in [0.4, 0.5) is 0 Å². The number of Topliss-reactive ketones (excluding diaryl/α,β-unsaturated/α-hetero) is 1. The Labute approximate surface area is 144 Å². The van der Waals surface area contributed by atoms with E-state index in [2.05, 4.69) is 0 Å². The van der Waals surface area contributed by atoms with Gasteiger partial charge < -0.3 is 0 Å². The normalized spacial score (nSPS) is 20.0. The minimum absolute atomic E-state index is 0.183. The van der Waals surface area contributed by atoms with Gasteiger partial charge in [-0.25, -0.2) is 8.42 Å². The standard InChI is InChI=1S/C16H14ClNO3S2/c1-10-3-5-11(6-4-10)15(19)16-18(2)23(20,21)14-8-7-12(17)9-13(14)22-16/h3-9,16H,1-2H3. The molecule has 0 bridgehead atoms. The van der Waals surface area contributed by atoms with Crippen LogP contribution in [0.25, 0.3) is 0 Å². The highest BCUT2D eigenvalue weighted by Crippen LogP contribution is 2.41. The molecule has 1 aliphatic rings. The Morgan fingerprint density at radius 1 is 1.17 bits per heavy atom. The number of hydrogen-bond donors (Lipinski definition) is 0. The third kappa shape index (κ3) is 2.92. The molecule has 23 heavy (non-hydrogen) atoms. The van der Waals surface area contributed by atoms with Crippen molar-refractivity contribution in [3.05, 3.63) is 58.6 Å². The van der Waals surface area contributed by atoms with Crippen molar-refractivity contribution >= 4 is 39.2 Å². The van der Waals surface area contributed by atoms with Crippen LogP contribution >= 0.6 is 23.4 Å². The number of likely N-dealkylation sites (N-methyl/N-ethyl adjacent to an activating group) is 1. The molecule has 120 valence electrons. The topological polar surface area (TPSA) is 54.5 Å². The lowest BCUT2D eigenvalue weighted by Crippen LogP contribution is -2.43. The molecular weight excluding hydrogens is 354 g/mol. The van der Waals surface area contributed by atoms with Gasteiger partial charge in [-0.15, -0.1) is 0 Å². The summed E-state index contributed by atoms with van der Waals surface area (Å²) in [7, 11) is -2.29. The number of halogens is 1. The molecule has 0 aliphatic carbocycles. The van der Waals surface area contributed by atoms with Crippen LogP contribution in [0.2, 0.25) is 5.02 Å². The van der Waals surface area contributed by atoms with E-state index in [0.29, 0.717) is 15.5 Å². The first-order valence-corrected chi connectivity index (χ1v) is 9.55. The maximum absolute atomic E-state index is 12.7. The molecule has 3 rings (SSSR count). The summed E-state index contributed by atoms with van der Waals surface area (Å²) < 4.78 is 26.4. The second-order valence-electron chi connectivity index (χ2n) is 5.31. The molecule has 0 saturated heterocycles. The van der Waals surface area contributed by atoms with Gasteiger partial charge in [-0.05, 0) is 25.1 Å². The highest BCUT2D eigenvalue weighted by molar-refractivity contribution is 8.03. The maximum atomic E-state index is 12.7. The maximum Gasteiger partial charge on any atom is 0.245 e. The minimum Gasteiger partial charge on any atom is -0.291 e. The van der Waals surface area contributed by atoms with Gasteiger partial charge in [0.25, 0.3) is 0 Å². The number of aryl methyl sites for hydroxylation is 1. The number of hydrogen-bond acceptors (Lipinski definition) is 4. The number of carbonyl (C=O) groups excluding carboxylic acids is 1. The number of sulfonamides is 1. The molecule has 7 heteroatoms.